The molecule has 0 aliphatic heterocycles. The monoisotopic (exact) mass is 403 g/mol. The van der Waals surface area contributed by atoms with Gasteiger partial charge in [0, 0.05) is 23.8 Å². The molecule has 0 spiro atoms. The number of likely N-dealkylation sites (N-methyl/N-ethyl adjacent to an activating group) is 1. The first-order valence-electron chi connectivity index (χ1n) is 9.46. The van der Waals surface area contributed by atoms with Gasteiger partial charge in [0.25, 0.3) is 5.91 Å². The molecule has 0 radical (unpaired) electrons. The molecule has 2 aromatic rings. The van der Waals surface area contributed by atoms with E-state index in [0.29, 0.717) is 17.8 Å². The van der Waals surface area contributed by atoms with E-state index in [0.717, 1.165) is 25.8 Å². The number of benzene rings is 2. The molecular formula is C21H29N3O3S. The van der Waals surface area contributed by atoms with Gasteiger partial charge in [0.15, 0.2) is 0 Å². The molecule has 1 amide bonds. The molecule has 6 nitrogen and oxygen atoms in total. The number of nitrogens with one attached hydrogen (secondary N) is 2. The Bertz CT molecular complexity index is 865. The van der Waals surface area contributed by atoms with Crippen molar-refractivity contribution in [2.24, 2.45) is 0 Å². The number of amides is 1. The summed E-state index contributed by atoms with van der Waals surface area (Å²) in [6, 6.07) is 16.9. The third-order valence-electron chi connectivity index (χ3n) is 4.57. The van der Waals surface area contributed by atoms with Crippen LogP contribution in [-0.2, 0) is 16.4 Å². The van der Waals surface area contributed by atoms with Crippen LogP contribution in [0.2, 0.25) is 0 Å². The van der Waals surface area contributed by atoms with Gasteiger partial charge in [-0.1, -0.05) is 50.2 Å². The second-order valence-electron chi connectivity index (χ2n) is 6.73. The second kappa shape index (κ2) is 10.2. The van der Waals surface area contributed by atoms with Crippen molar-refractivity contribution in [2.75, 3.05) is 30.6 Å². The van der Waals surface area contributed by atoms with Gasteiger partial charge < -0.3 is 5.32 Å². The van der Waals surface area contributed by atoms with Gasteiger partial charge in [-0.25, -0.2) is 8.42 Å². The van der Waals surface area contributed by atoms with E-state index in [1.54, 1.807) is 24.3 Å². The summed E-state index contributed by atoms with van der Waals surface area (Å²) >= 11 is 0. The molecule has 2 N–H and O–H groups in total. The topological polar surface area (TPSA) is 78.5 Å². The van der Waals surface area contributed by atoms with Gasteiger partial charge in [0.2, 0.25) is 10.0 Å². The molecule has 0 bridgehead atoms. The lowest BCUT2D eigenvalue weighted by atomic mass is 10.0. The summed E-state index contributed by atoms with van der Waals surface area (Å²) in [4.78, 5) is 14.9. The predicted octanol–water partition coefficient (Wildman–Crippen LogP) is 2.74. The van der Waals surface area contributed by atoms with Crippen molar-refractivity contribution in [1.82, 2.24) is 10.2 Å². The zero-order chi connectivity index (χ0) is 20.6. The van der Waals surface area contributed by atoms with Crippen LogP contribution in [0.15, 0.2) is 54.6 Å². The minimum absolute atomic E-state index is 0.179. The highest BCUT2D eigenvalue weighted by atomic mass is 32.2. The molecule has 0 aromatic heterocycles. The van der Waals surface area contributed by atoms with Crippen molar-refractivity contribution >= 4 is 21.6 Å². The van der Waals surface area contributed by atoms with E-state index < -0.39 is 10.0 Å². The zero-order valence-electron chi connectivity index (χ0n) is 16.7. The van der Waals surface area contributed by atoms with Gasteiger partial charge in [0.05, 0.1) is 6.26 Å². The molecule has 0 fully saturated rings. The lowest BCUT2D eigenvalue weighted by molar-refractivity contribution is 0.0934. The third kappa shape index (κ3) is 6.98. The Hall–Kier alpha value is -2.38. The molecule has 0 aliphatic carbocycles. The lowest BCUT2D eigenvalue weighted by Gasteiger charge is -2.30. The van der Waals surface area contributed by atoms with Crippen LogP contribution in [0.25, 0.3) is 0 Å². The molecule has 2 rings (SSSR count). The maximum Gasteiger partial charge on any atom is 0.251 e. The predicted molar refractivity (Wildman–Crippen MR) is 114 cm³/mol. The van der Waals surface area contributed by atoms with E-state index in [9.17, 15) is 13.2 Å². The summed E-state index contributed by atoms with van der Waals surface area (Å²) < 4.78 is 25.2. The van der Waals surface area contributed by atoms with Crippen molar-refractivity contribution in [3.8, 4) is 0 Å². The van der Waals surface area contributed by atoms with Crippen LogP contribution in [0.5, 0.6) is 0 Å². The maximum absolute atomic E-state index is 12.6. The summed E-state index contributed by atoms with van der Waals surface area (Å²) in [5, 5.41) is 3.00. The van der Waals surface area contributed by atoms with Crippen LogP contribution < -0.4 is 10.0 Å². The van der Waals surface area contributed by atoms with Crippen LogP contribution in [0.1, 0.15) is 29.8 Å². The summed E-state index contributed by atoms with van der Waals surface area (Å²) in [5.41, 5.74) is 2.03. The summed E-state index contributed by atoms with van der Waals surface area (Å²) in [6.45, 7) is 6.54. The molecule has 0 saturated heterocycles. The van der Waals surface area contributed by atoms with Crippen molar-refractivity contribution in [2.45, 2.75) is 26.3 Å². The fourth-order valence-electron chi connectivity index (χ4n) is 3.21. The van der Waals surface area contributed by atoms with E-state index in [2.05, 4.69) is 40.9 Å². The van der Waals surface area contributed by atoms with E-state index >= 15 is 0 Å². The van der Waals surface area contributed by atoms with Gasteiger partial charge in [-0.3, -0.25) is 14.4 Å². The molecule has 7 heteroatoms. The number of anilines is 1. The normalized spacial score (nSPS) is 12.6. The number of carbonyl (C=O) groups is 1. The lowest BCUT2D eigenvalue weighted by Crippen LogP contribution is -2.45. The molecule has 28 heavy (non-hydrogen) atoms. The van der Waals surface area contributed by atoms with Crippen LogP contribution in [-0.4, -0.2) is 51.2 Å². The first kappa shape index (κ1) is 21.9. The van der Waals surface area contributed by atoms with Crippen molar-refractivity contribution in [3.63, 3.8) is 0 Å². The number of hydrogen-bond donors (Lipinski definition) is 2. The van der Waals surface area contributed by atoms with Gasteiger partial charge in [-0.05, 0) is 43.3 Å². The summed E-state index contributed by atoms with van der Waals surface area (Å²) in [5.74, 6) is -0.220. The minimum atomic E-state index is -3.39. The highest BCUT2D eigenvalue weighted by Gasteiger charge is 2.18. The number of rotatable bonds is 10. The van der Waals surface area contributed by atoms with Crippen LogP contribution >= 0.6 is 0 Å². The highest BCUT2D eigenvalue weighted by molar-refractivity contribution is 7.92. The first-order chi connectivity index (χ1) is 13.3. The first-order valence-corrected chi connectivity index (χ1v) is 11.4. The standard InChI is InChI=1S/C21H29N3O3S/c1-4-24(5-2)20(14-17-10-7-6-8-11-17)16-22-21(25)18-12-9-13-19(15-18)23-28(3,26)27/h6-13,15,20,23H,4-5,14,16H2,1-3H3,(H,22,25). The Balaban J connectivity index is 2.07. The Kier molecular flexibility index (Phi) is 8.02. The Morgan fingerprint density at radius 2 is 1.71 bits per heavy atom. The van der Waals surface area contributed by atoms with Gasteiger partial charge in [-0.15, -0.1) is 0 Å². The Morgan fingerprint density at radius 1 is 1.04 bits per heavy atom. The fourth-order valence-corrected chi connectivity index (χ4v) is 3.76. The van der Waals surface area contributed by atoms with Crippen molar-refractivity contribution < 1.29 is 13.2 Å². The molecule has 1 atom stereocenters. The largest absolute Gasteiger partial charge is 0.350 e. The number of sulfonamides is 1. The average Bonchev–Trinajstić information content (AvgIpc) is 2.66. The summed E-state index contributed by atoms with van der Waals surface area (Å²) in [6.07, 6.45) is 1.93. The van der Waals surface area contributed by atoms with E-state index in [-0.39, 0.29) is 11.9 Å². The third-order valence-corrected chi connectivity index (χ3v) is 5.18. The fraction of sp³-hybridized carbons (Fsp3) is 0.381. The highest BCUT2D eigenvalue weighted by Crippen LogP contribution is 2.13. The molecule has 2 aromatic carbocycles. The van der Waals surface area contributed by atoms with Gasteiger partial charge >= 0.3 is 0 Å². The Labute approximate surface area is 168 Å². The van der Waals surface area contributed by atoms with Crippen molar-refractivity contribution in [3.05, 3.63) is 65.7 Å². The molecule has 0 heterocycles. The minimum Gasteiger partial charge on any atom is -0.350 e. The van der Waals surface area contributed by atoms with Crippen LogP contribution in [0, 0.1) is 0 Å². The summed E-state index contributed by atoms with van der Waals surface area (Å²) in [7, 11) is -3.39. The number of hydrogen-bond acceptors (Lipinski definition) is 4. The molecule has 0 saturated carbocycles. The second-order valence-corrected chi connectivity index (χ2v) is 8.48. The smallest absolute Gasteiger partial charge is 0.251 e. The number of carbonyl (C=O) groups excluding carboxylic acids is 1. The van der Waals surface area contributed by atoms with Gasteiger partial charge in [0.1, 0.15) is 0 Å². The Morgan fingerprint density at radius 3 is 2.32 bits per heavy atom. The van der Waals surface area contributed by atoms with E-state index in [1.807, 2.05) is 18.2 Å². The van der Waals surface area contributed by atoms with E-state index in [4.69, 9.17) is 0 Å². The SMILES string of the molecule is CCN(CC)C(CNC(=O)c1cccc(NS(C)(=O)=O)c1)Cc1ccccc1. The average molecular weight is 404 g/mol. The van der Waals surface area contributed by atoms with E-state index in [1.165, 1.54) is 5.56 Å². The van der Waals surface area contributed by atoms with Crippen LogP contribution in [0.3, 0.4) is 0 Å². The van der Waals surface area contributed by atoms with Gasteiger partial charge in [-0.2, -0.15) is 0 Å². The molecule has 0 aliphatic rings. The molecule has 1 unspecified atom stereocenters. The molecular weight excluding hydrogens is 374 g/mol. The molecule has 152 valence electrons. The van der Waals surface area contributed by atoms with Crippen LogP contribution in [0.4, 0.5) is 5.69 Å². The quantitative estimate of drug-likeness (QED) is 0.639. The van der Waals surface area contributed by atoms with Crippen molar-refractivity contribution in [1.29, 1.82) is 0 Å². The number of nitrogens with zero attached hydrogens (tertiary/aromatic N) is 1. The maximum atomic E-state index is 12.6. The zero-order valence-corrected chi connectivity index (χ0v) is 17.5.